The Kier molecular flexibility index (Phi) is 3.43. The summed E-state index contributed by atoms with van der Waals surface area (Å²) >= 11 is 5.89. The van der Waals surface area contributed by atoms with E-state index in [1.54, 1.807) is 6.20 Å². The highest BCUT2D eigenvalue weighted by Gasteiger charge is 2.47. The van der Waals surface area contributed by atoms with Gasteiger partial charge in [-0.3, -0.25) is 4.98 Å². The molecule has 0 N–H and O–H groups in total. The van der Waals surface area contributed by atoms with Crippen LogP contribution in [0.4, 0.5) is 10.6 Å². The summed E-state index contributed by atoms with van der Waals surface area (Å²) in [4.78, 5) is 24.6. The molecule has 1 aromatic rings. The number of fused-ring (bicyclic) bond motifs is 2. The summed E-state index contributed by atoms with van der Waals surface area (Å²) in [5.41, 5.74) is -0.461. The second-order valence-electron chi connectivity index (χ2n) is 6.53. The van der Waals surface area contributed by atoms with Crippen molar-refractivity contribution >= 4 is 23.5 Å². The van der Waals surface area contributed by atoms with Gasteiger partial charge in [0.2, 0.25) is 0 Å². The molecule has 0 radical (unpaired) electrons. The van der Waals surface area contributed by atoms with Gasteiger partial charge in [-0.1, -0.05) is 11.6 Å². The quantitative estimate of drug-likeness (QED) is 0.797. The van der Waals surface area contributed by atoms with Crippen LogP contribution in [0, 0.1) is 0 Å². The van der Waals surface area contributed by atoms with Gasteiger partial charge in [0.05, 0.1) is 24.5 Å². The Hall–Kier alpha value is -1.56. The van der Waals surface area contributed by atoms with Gasteiger partial charge in [0.1, 0.15) is 16.6 Å². The van der Waals surface area contributed by atoms with E-state index in [2.05, 4.69) is 14.9 Å². The van der Waals surface area contributed by atoms with Crippen molar-refractivity contribution in [3.63, 3.8) is 0 Å². The summed E-state index contributed by atoms with van der Waals surface area (Å²) < 4.78 is 5.45. The van der Waals surface area contributed by atoms with Gasteiger partial charge in [-0.25, -0.2) is 9.78 Å². The lowest BCUT2D eigenvalue weighted by atomic mass is 10.2. The molecule has 2 atom stereocenters. The van der Waals surface area contributed by atoms with Crippen molar-refractivity contribution in [2.45, 2.75) is 44.9 Å². The minimum Gasteiger partial charge on any atom is -0.444 e. The van der Waals surface area contributed by atoms with Crippen molar-refractivity contribution in [3.8, 4) is 0 Å². The topological polar surface area (TPSA) is 58.6 Å². The molecule has 3 heterocycles. The lowest BCUT2D eigenvalue weighted by Gasteiger charge is -2.35. The van der Waals surface area contributed by atoms with Crippen LogP contribution < -0.4 is 4.90 Å². The van der Waals surface area contributed by atoms with Crippen molar-refractivity contribution in [2.75, 3.05) is 18.0 Å². The summed E-state index contributed by atoms with van der Waals surface area (Å²) in [6, 6.07) is 0.431. The maximum atomic E-state index is 12.2. The predicted octanol–water partition coefficient (Wildman–Crippen LogP) is 2.33. The van der Waals surface area contributed by atoms with Crippen molar-refractivity contribution in [2.24, 2.45) is 0 Å². The molecule has 2 saturated heterocycles. The SMILES string of the molecule is CC(C)(C)OC(=O)N1C[C@@H]2C[C@H]1CN2c1cncc(Cl)n1. The zero-order valence-corrected chi connectivity index (χ0v) is 13.2. The molecule has 0 unspecified atom stereocenters. The number of carbonyl (C=O) groups excluding carboxylic acids is 1. The number of aromatic nitrogens is 2. The molecule has 2 aliphatic heterocycles. The van der Waals surface area contributed by atoms with Crippen LogP contribution in [-0.4, -0.2) is 51.7 Å². The van der Waals surface area contributed by atoms with Gasteiger partial charge in [-0.2, -0.15) is 0 Å². The van der Waals surface area contributed by atoms with E-state index in [1.807, 2.05) is 25.7 Å². The molecule has 2 bridgehead atoms. The third-order valence-corrected chi connectivity index (χ3v) is 3.94. The monoisotopic (exact) mass is 310 g/mol. The van der Waals surface area contributed by atoms with Crippen LogP contribution in [0.2, 0.25) is 5.15 Å². The highest BCUT2D eigenvalue weighted by atomic mass is 35.5. The molecular formula is C14H19ClN4O2. The first-order chi connectivity index (χ1) is 9.83. The molecule has 0 saturated carbocycles. The normalized spacial score (nSPS) is 24.6. The average Bonchev–Trinajstić information content (AvgIpc) is 2.96. The number of hydrogen-bond acceptors (Lipinski definition) is 5. The zero-order valence-electron chi connectivity index (χ0n) is 12.4. The second-order valence-corrected chi connectivity index (χ2v) is 6.92. The number of anilines is 1. The number of hydrogen-bond donors (Lipinski definition) is 0. The van der Waals surface area contributed by atoms with Crippen LogP contribution in [0.25, 0.3) is 0 Å². The van der Waals surface area contributed by atoms with E-state index in [1.165, 1.54) is 6.20 Å². The number of rotatable bonds is 1. The summed E-state index contributed by atoms with van der Waals surface area (Å²) in [5.74, 6) is 0.777. The van der Waals surface area contributed by atoms with Crippen LogP contribution in [0.5, 0.6) is 0 Å². The number of amides is 1. The smallest absolute Gasteiger partial charge is 0.410 e. The minimum atomic E-state index is -0.461. The fourth-order valence-corrected chi connectivity index (χ4v) is 3.11. The van der Waals surface area contributed by atoms with Crippen LogP contribution >= 0.6 is 11.6 Å². The third kappa shape index (κ3) is 2.90. The number of likely N-dealkylation sites (tertiary alicyclic amines) is 1. The van der Waals surface area contributed by atoms with Crippen LogP contribution in [0.15, 0.2) is 12.4 Å². The molecule has 0 aromatic carbocycles. The Labute approximate surface area is 129 Å². The van der Waals surface area contributed by atoms with E-state index in [0.717, 1.165) is 18.8 Å². The summed E-state index contributed by atoms with van der Waals surface area (Å²) in [6.07, 6.45) is 3.94. The van der Waals surface area contributed by atoms with E-state index in [0.29, 0.717) is 11.7 Å². The largest absolute Gasteiger partial charge is 0.444 e. The van der Waals surface area contributed by atoms with E-state index in [-0.39, 0.29) is 18.2 Å². The van der Waals surface area contributed by atoms with Gasteiger partial charge in [0.15, 0.2) is 0 Å². The van der Waals surface area contributed by atoms with E-state index in [4.69, 9.17) is 16.3 Å². The Balaban J connectivity index is 1.68. The summed E-state index contributed by atoms with van der Waals surface area (Å²) in [5, 5.41) is 0.388. The third-order valence-electron chi connectivity index (χ3n) is 3.76. The Morgan fingerprint density at radius 2 is 2.10 bits per heavy atom. The molecule has 0 aliphatic carbocycles. The van der Waals surface area contributed by atoms with Gasteiger partial charge in [-0.05, 0) is 27.2 Å². The number of nitrogens with zero attached hydrogens (tertiary/aromatic N) is 4. The Morgan fingerprint density at radius 3 is 2.67 bits per heavy atom. The molecule has 21 heavy (non-hydrogen) atoms. The Bertz CT molecular complexity index is 560. The fourth-order valence-electron chi connectivity index (χ4n) is 2.96. The van der Waals surface area contributed by atoms with Crippen LogP contribution in [0.3, 0.4) is 0 Å². The van der Waals surface area contributed by atoms with Gasteiger partial charge in [0.25, 0.3) is 0 Å². The fraction of sp³-hybridized carbons (Fsp3) is 0.643. The second kappa shape index (κ2) is 5.02. The summed E-state index contributed by atoms with van der Waals surface area (Å²) in [6.45, 7) is 7.06. The van der Waals surface area contributed by atoms with Crippen molar-refractivity contribution in [1.29, 1.82) is 0 Å². The first-order valence-electron chi connectivity index (χ1n) is 7.07. The summed E-state index contributed by atoms with van der Waals surface area (Å²) in [7, 11) is 0. The maximum absolute atomic E-state index is 12.2. The molecule has 0 spiro atoms. The zero-order chi connectivity index (χ0) is 15.2. The molecule has 3 rings (SSSR count). The molecular weight excluding hydrogens is 292 g/mol. The number of ether oxygens (including phenoxy) is 1. The molecule has 2 aliphatic rings. The molecule has 1 aromatic heterocycles. The molecule has 2 fully saturated rings. The van der Waals surface area contributed by atoms with E-state index >= 15 is 0 Å². The van der Waals surface area contributed by atoms with Gasteiger partial charge in [-0.15, -0.1) is 0 Å². The molecule has 1 amide bonds. The van der Waals surface area contributed by atoms with Crippen LogP contribution in [-0.2, 0) is 4.74 Å². The maximum Gasteiger partial charge on any atom is 0.410 e. The molecule has 6 nitrogen and oxygen atoms in total. The van der Waals surface area contributed by atoms with Gasteiger partial charge < -0.3 is 14.5 Å². The van der Waals surface area contributed by atoms with Crippen molar-refractivity contribution < 1.29 is 9.53 Å². The van der Waals surface area contributed by atoms with Crippen LogP contribution in [0.1, 0.15) is 27.2 Å². The first kappa shape index (κ1) is 14.4. The molecule has 7 heteroatoms. The standard InChI is InChI=1S/C14H19ClN4O2/c1-14(2,3)21-13(20)19-8-9-4-10(19)7-18(9)12-6-16-5-11(15)17-12/h5-6,9-10H,4,7-8H2,1-3H3/t9-,10-/m0/s1. The highest BCUT2D eigenvalue weighted by Crippen LogP contribution is 2.34. The lowest BCUT2D eigenvalue weighted by Crippen LogP contribution is -2.50. The van der Waals surface area contributed by atoms with Gasteiger partial charge in [0, 0.05) is 13.1 Å². The minimum absolute atomic E-state index is 0.172. The van der Waals surface area contributed by atoms with E-state index < -0.39 is 5.60 Å². The van der Waals surface area contributed by atoms with Crippen molar-refractivity contribution in [3.05, 3.63) is 17.5 Å². The number of halogens is 1. The number of carbonyl (C=O) groups is 1. The number of piperazine rings is 1. The molecule has 114 valence electrons. The predicted molar refractivity (Wildman–Crippen MR) is 79.5 cm³/mol. The van der Waals surface area contributed by atoms with E-state index in [9.17, 15) is 4.79 Å². The average molecular weight is 311 g/mol. The van der Waals surface area contributed by atoms with Crippen molar-refractivity contribution in [1.82, 2.24) is 14.9 Å². The Morgan fingerprint density at radius 1 is 1.33 bits per heavy atom. The lowest BCUT2D eigenvalue weighted by molar-refractivity contribution is 0.0214. The van der Waals surface area contributed by atoms with Gasteiger partial charge >= 0.3 is 6.09 Å². The first-order valence-corrected chi connectivity index (χ1v) is 7.45. The highest BCUT2D eigenvalue weighted by molar-refractivity contribution is 6.29.